The van der Waals surface area contributed by atoms with Crippen LogP contribution in [-0.2, 0) is 22.5 Å². The van der Waals surface area contributed by atoms with Crippen molar-refractivity contribution in [1.29, 1.82) is 0 Å². The van der Waals surface area contributed by atoms with Crippen molar-refractivity contribution >= 4 is 5.97 Å². The summed E-state index contributed by atoms with van der Waals surface area (Å²) in [4.78, 5) is 14.5. The van der Waals surface area contributed by atoms with Crippen molar-refractivity contribution in [3.8, 4) is 0 Å². The Balaban J connectivity index is 1.42. The van der Waals surface area contributed by atoms with Gasteiger partial charge >= 0.3 is 5.97 Å². The molecule has 1 heterocycles. The molecule has 0 amide bonds. The van der Waals surface area contributed by atoms with Crippen LogP contribution < -0.4 is 0 Å². The number of nitrogens with zero attached hydrogens (tertiary/aromatic N) is 1. The Morgan fingerprint density at radius 2 is 1.88 bits per heavy atom. The summed E-state index contributed by atoms with van der Waals surface area (Å²) in [6.45, 7) is 4.84. The molecule has 0 aliphatic carbocycles. The number of rotatable bonds is 6. The van der Waals surface area contributed by atoms with Gasteiger partial charge in [-0.15, -0.1) is 0 Å². The largest absolute Gasteiger partial charge is 0.461 e. The van der Waals surface area contributed by atoms with Crippen LogP contribution in [0.25, 0.3) is 0 Å². The lowest BCUT2D eigenvalue weighted by molar-refractivity contribution is -0.148. The Morgan fingerprint density at radius 1 is 1.12 bits per heavy atom. The van der Waals surface area contributed by atoms with E-state index in [1.165, 1.54) is 16.7 Å². The molecule has 24 heavy (non-hydrogen) atoms. The van der Waals surface area contributed by atoms with Gasteiger partial charge in [0.15, 0.2) is 0 Å². The van der Waals surface area contributed by atoms with Crippen LogP contribution in [0, 0.1) is 6.92 Å². The number of esters is 1. The third-order valence-corrected chi connectivity index (χ3v) is 4.64. The molecule has 1 fully saturated rings. The first-order valence-corrected chi connectivity index (χ1v) is 8.71. The molecule has 0 N–H and O–H groups in total. The second kappa shape index (κ2) is 8.11. The number of carbonyl (C=O) groups is 1. The topological polar surface area (TPSA) is 29.5 Å². The molecule has 3 heteroatoms. The van der Waals surface area contributed by atoms with Gasteiger partial charge in [0.1, 0.15) is 6.10 Å². The van der Waals surface area contributed by atoms with Crippen LogP contribution in [0.15, 0.2) is 54.6 Å². The summed E-state index contributed by atoms with van der Waals surface area (Å²) < 4.78 is 5.66. The Bertz CT molecular complexity index is 669. The van der Waals surface area contributed by atoms with E-state index < -0.39 is 0 Å². The average molecular weight is 323 g/mol. The molecular weight excluding hydrogens is 298 g/mol. The van der Waals surface area contributed by atoms with Crippen LogP contribution in [0.4, 0.5) is 0 Å². The van der Waals surface area contributed by atoms with Crippen LogP contribution in [0.3, 0.4) is 0 Å². The van der Waals surface area contributed by atoms with Gasteiger partial charge in [0.25, 0.3) is 0 Å². The second-order valence-corrected chi connectivity index (χ2v) is 6.55. The monoisotopic (exact) mass is 323 g/mol. The highest BCUT2D eigenvalue weighted by atomic mass is 16.5. The molecule has 0 saturated carbocycles. The summed E-state index contributed by atoms with van der Waals surface area (Å²) in [6.07, 6.45) is 2.19. The van der Waals surface area contributed by atoms with Crippen LogP contribution in [-0.4, -0.2) is 30.1 Å². The second-order valence-electron chi connectivity index (χ2n) is 6.55. The molecule has 0 bridgehead atoms. The fourth-order valence-electron chi connectivity index (χ4n) is 3.25. The summed E-state index contributed by atoms with van der Waals surface area (Å²) in [6, 6.07) is 18.7. The number of carbonyl (C=O) groups excluding carboxylic acids is 1. The van der Waals surface area contributed by atoms with Gasteiger partial charge in [-0.1, -0.05) is 54.6 Å². The molecule has 1 atom stereocenters. The molecule has 1 aliphatic heterocycles. The smallest absolute Gasteiger partial charge is 0.306 e. The molecule has 1 aliphatic rings. The first kappa shape index (κ1) is 16.7. The quantitative estimate of drug-likeness (QED) is 0.758. The lowest BCUT2D eigenvalue weighted by Gasteiger charge is -2.16. The molecule has 3 rings (SSSR count). The third-order valence-electron chi connectivity index (χ3n) is 4.64. The van der Waals surface area contributed by atoms with Crippen LogP contribution in [0.2, 0.25) is 0 Å². The Hall–Kier alpha value is -2.13. The number of likely N-dealkylation sites (tertiary alicyclic amines) is 1. The van der Waals surface area contributed by atoms with E-state index in [0.717, 1.165) is 32.5 Å². The number of benzene rings is 2. The van der Waals surface area contributed by atoms with E-state index in [9.17, 15) is 4.79 Å². The summed E-state index contributed by atoms with van der Waals surface area (Å²) in [5.41, 5.74) is 3.77. The molecular formula is C21H25NO2. The standard InChI is InChI=1S/C21H25NO2/c1-17-7-5-6-10-19(17)11-12-21(23)24-20-13-14-22(16-20)15-18-8-3-2-4-9-18/h2-10,20H,11-16H2,1H3/t20-/m1/s1. The lowest BCUT2D eigenvalue weighted by Crippen LogP contribution is -2.24. The normalized spacial score (nSPS) is 17.8. The molecule has 0 aromatic heterocycles. The van der Waals surface area contributed by atoms with Gasteiger partial charge in [0.2, 0.25) is 0 Å². The van der Waals surface area contributed by atoms with Crippen molar-refractivity contribution in [2.75, 3.05) is 13.1 Å². The Kier molecular flexibility index (Phi) is 5.65. The van der Waals surface area contributed by atoms with Crippen molar-refractivity contribution in [3.63, 3.8) is 0 Å². The third kappa shape index (κ3) is 4.68. The minimum atomic E-state index is -0.0789. The van der Waals surface area contributed by atoms with Crippen LogP contribution in [0.5, 0.6) is 0 Å². The fraction of sp³-hybridized carbons (Fsp3) is 0.381. The van der Waals surface area contributed by atoms with Gasteiger partial charge in [0.05, 0.1) is 0 Å². The highest BCUT2D eigenvalue weighted by molar-refractivity contribution is 5.70. The van der Waals surface area contributed by atoms with Crippen molar-refractivity contribution in [2.45, 2.75) is 38.8 Å². The van der Waals surface area contributed by atoms with Gasteiger partial charge in [-0.3, -0.25) is 9.69 Å². The molecule has 2 aromatic carbocycles. The van der Waals surface area contributed by atoms with E-state index >= 15 is 0 Å². The fourth-order valence-corrected chi connectivity index (χ4v) is 3.25. The SMILES string of the molecule is Cc1ccccc1CCC(=O)O[C@@H]1CCN(Cc2ccccc2)C1. The first-order valence-electron chi connectivity index (χ1n) is 8.71. The summed E-state index contributed by atoms with van der Waals surface area (Å²) in [5.74, 6) is -0.0789. The zero-order chi connectivity index (χ0) is 16.8. The zero-order valence-corrected chi connectivity index (χ0v) is 14.3. The molecule has 0 spiro atoms. The van der Waals surface area contributed by atoms with Crippen molar-refractivity contribution < 1.29 is 9.53 Å². The van der Waals surface area contributed by atoms with Gasteiger partial charge in [-0.05, 0) is 36.5 Å². The van der Waals surface area contributed by atoms with Crippen molar-refractivity contribution in [2.24, 2.45) is 0 Å². The van der Waals surface area contributed by atoms with Crippen molar-refractivity contribution in [3.05, 3.63) is 71.3 Å². The van der Waals surface area contributed by atoms with Gasteiger partial charge < -0.3 is 4.74 Å². The molecule has 0 radical (unpaired) electrons. The summed E-state index contributed by atoms with van der Waals surface area (Å²) in [7, 11) is 0. The average Bonchev–Trinajstić information content (AvgIpc) is 3.02. The minimum Gasteiger partial charge on any atom is -0.461 e. The highest BCUT2D eigenvalue weighted by Gasteiger charge is 2.25. The van der Waals surface area contributed by atoms with Gasteiger partial charge in [-0.2, -0.15) is 0 Å². The number of ether oxygens (including phenoxy) is 1. The molecule has 0 unspecified atom stereocenters. The first-order chi connectivity index (χ1) is 11.7. The van der Waals surface area contributed by atoms with Crippen LogP contribution in [0.1, 0.15) is 29.5 Å². The molecule has 1 saturated heterocycles. The maximum absolute atomic E-state index is 12.1. The Labute approximate surface area is 144 Å². The number of aryl methyl sites for hydroxylation is 2. The minimum absolute atomic E-state index is 0.0399. The van der Waals surface area contributed by atoms with E-state index in [4.69, 9.17) is 4.74 Å². The van der Waals surface area contributed by atoms with Crippen molar-refractivity contribution in [1.82, 2.24) is 4.90 Å². The predicted octanol–water partition coefficient (Wildman–Crippen LogP) is 3.75. The number of hydrogen-bond donors (Lipinski definition) is 0. The number of hydrogen-bond acceptors (Lipinski definition) is 3. The van der Waals surface area contributed by atoms with E-state index in [0.29, 0.717) is 6.42 Å². The van der Waals surface area contributed by atoms with E-state index in [-0.39, 0.29) is 12.1 Å². The highest BCUT2D eigenvalue weighted by Crippen LogP contribution is 2.17. The molecule has 2 aromatic rings. The molecule has 126 valence electrons. The van der Waals surface area contributed by atoms with Gasteiger partial charge in [0, 0.05) is 26.1 Å². The van der Waals surface area contributed by atoms with E-state index in [1.807, 2.05) is 18.2 Å². The van der Waals surface area contributed by atoms with Crippen LogP contribution >= 0.6 is 0 Å². The summed E-state index contributed by atoms with van der Waals surface area (Å²) in [5, 5.41) is 0. The van der Waals surface area contributed by atoms with E-state index in [2.05, 4.69) is 48.2 Å². The van der Waals surface area contributed by atoms with E-state index in [1.54, 1.807) is 0 Å². The summed E-state index contributed by atoms with van der Waals surface area (Å²) >= 11 is 0. The van der Waals surface area contributed by atoms with Gasteiger partial charge in [-0.25, -0.2) is 0 Å². The molecule has 3 nitrogen and oxygen atoms in total. The zero-order valence-electron chi connectivity index (χ0n) is 14.3. The maximum Gasteiger partial charge on any atom is 0.306 e. The Morgan fingerprint density at radius 3 is 2.67 bits per heavy atom. The lowest BCUT2D eigenvalue weighted by atomic mass is 10.0. The maximum atomic E-state index is 12.1. The predicted molar refractivity (Wildman–Crippen MR) is 95.7 cm³/mol.